The van der Waals surface area contributed by atoms with Crippen LogP contribution in [-0.4, -0.2) is 36.7 Å². The normalized spacial score (nSPS) is 12.1. The van der Waals surface area contributed by atoms with Crippen molar-refractivity contribution in [1.29, 1.82) is 0 Å². The molecule has 1 atom stereocenters. The van der Waals surface area contributed by atoms with Gasteiger partial charge in [0.05, 0.1) is 5.92 Å². The van der Waals surface area contributed by atoms with Gasteiger partial charge in [-0.3, -0.25) is 9.59 Å². The van der Waals surface area contributed by atoms with Crippen LogP contribution in [0.15, 0.2) is 0 Å². The molecular formula is C12H23NO4. The Labute approximate surface area is 103 Å². The third kappa shape index (κ3) is 9.81. The number of carbonyl (C=O) groups is 2. The third-order valence-electron chi connectivity index (χ3n) is 2.45. The Morgan fingerprint density at radius 3 is 2.65 bits per heavy atom. The zero-order valence-corrected chi connectivity index (χ0v) is 10.7. The summed E-state index contributed by atoms with van der Waals surface area (Å²) in [6, 6.07) is 0. The molecule has 0 aliphatic carbocycles. The van der Waals surface area contributed by atoms with Gasteiger partial charge in [0.25, 0.3) is 0 Å². The maximum absolute atomic E-state index is 11.3. The van der Waals surface area contributed by atoms with Gasteiger partial charge in [-0.25, -0.2) is 0 Å². The molecule has 0 saturated carbocycles. The molecule has 100 valence electrons. The number of hydrogen-bond acceptors (Lipinski definition) is 3. The molecule has 0 spiro atoms. The van der Waals surface area contributed by atoms with E-state index in [0.29, 0.717) is 39.0 Å². The second kappa shape index (κ2) is 10.1. The van der Waals surface area contributed by atoms with Gasteiger partial charge < -0.3 is 15.2 Å². The molecule has 0 aliphatic heterocycles. The predicted molar refractivity (Wildman–Crippen MR) is 64.8 cm³/mol. The number of hydrogen-bond donors (Lipinski definition) is 2. The molecule has 5 heteroatoms. The first-order chi connectivity index (χ1) is 8.07. The fraction of sp³-hybridized carbons (Fsp3) is 0.833. The summed E-state index contributed by atoms with van der Waals surface area (Å²) in [5.41, 5.74) is 0. The van der Waals surface area contributed by atoms with Gasteiger partial charge in [0.1, 0.15) is 0 Å². The summed E-state index contributed by atoms with van der Waals surface area (Å²) in [7, 11) is 0. The molecule has 0 aromatic heterocycles. The minimum atomic E-state index is -0.784. The van der Waals surface area contributed by atoms with Crippen molar-refractivity contribution in [3.05, 3.63) is 0 Å². The average Bonchev–Trinajstić information content (AvgIpc) is 2.29. The Morgan fingerprint density at radius 2 is 2.06 bits per heavy atom. The van der Waals surface area contributed by atoms with E-state index < -0.39 is 5.97 Å². The lowest BCUT2D eigenvalue weighted by atomic mass is 10.1. The SMILES string of the molecule is CCOCCCC(=O)NCCCC(C)C(=O)O. The fourth-order valence-corrected chi connectivity index (χ4v) is 1.33. The van der Waals surface area contributed by atoms with Gasteiger partial charge in [-0.1, -0.05) is 6.92 Å². The van der Waals surface area contributed by atoms with E-state index in [-0.39, 0.29) is 11.8 Å². The van der Waals surface area contributed by atoms with Crippen LogP contribution in [-0.2, 0) is 14.3 Å². The van der Waals surface area contributed by atoms with Crippen LogP contribution in [0.5, 0.6) is 0 Å². The molecule has 0 aliphatic rings. The van der Waals surface area contributed by atoms with E-state index in [9.17, 15) is 9.59 Å². The molecule has 0 rings (SSSR count). The zero-order chi connectivity index (χ0) is 13.1. The summed E-state index contributed by atoms with van der Waals surface area (Å²) in [5.74, 6) is -1.12. The van der Waals surface area contributed by atoms with Crippen molar-refractivity contribution in [3.8, 4) is 0 Å². The highest BCUT2D eigenvalue weighted by atomic mass is 16.5. The lowest BCUT2D eigenvalue weighted by molar-refractivity contribution is -0.141. The van der Waals surface area contributed by atoms with Crippen LogP contribution in [0.25, 0.3) is 0 Å². The largest absolute Gasteiger partial charge is 0.481 e. The molecule has 0 bridgehead atoms. The number of amides is 1. The van der Waals surface area contributed by atoms with Crippen LogP contribution < -0.4 is 5.32 Å². The topological polar surface area (TPSA) is 75.6 Å². The summed E-state index contributed by atoms with van der Waals surface area (Å²) in [6.45, 7) is 5.43. The van der Waals surface area contributed by atoms with Gasteiger partial charge in [-0.2, -0.15) is 0 Å². The Bertz CT molecular complexity index is 231. The van der Waals surface area contributed by atoms with Crippen LogP contribution in [0.4, 0.5) is 0 Å². The molecule has 2 N–H and O–H groups in total. The third-order valence-corrected chi connectivity index (χ3v) is 2.45. The molecule has 0 heterocycles. The average molecular weight is 245 g/mol. The van der Waals surface area contributed by atoms with Gasteiger partial charge >= 0.3 is 5.97 Å². The van der Waals surface area contributed by atoms with Crippen LogP contribution in [0.3, 0.4) is 0 Å². The molecular weight excluding hydrogens is 222 g/mol. The highest BCUT2D eigenvalue weighted by Gasteiger charge is 2.09. The maximum Gasteiger partial charge on any atom is 0.306 e. The molecule has 5 nitrogen and oxygen atoms in total. The van der Waals surface area contributed by atoms with Crippen molar-refractivity contribution in [2.24, 2.45) is 5.92 Å². The van der Waals surface area contributed by atoms with Crippen molar-refractivity contribution in [2.75, 3.05) is 19.8 Å². The fourth-order valence-electron chi connectivity index (χ4n) is 1.33. The molecule has 0 aromatic rings. The van der Waals surface area contributed by atoms with E-state index in [4.69, 9.17) is 9.84 Å². The molecule has 0 radical (unpaired) electrons. The van der Waals surface area contributed by atoms with Gasteiger partial charge in [-0.05, 0) is 26.2 Å². The number of nitrogens with one attached hydrogen (secondary N) is 1. The van der Waals surface area contributed by atoms with E-state index >= 15 is 0 Å². The second-order valence-corrected chi connectivity index (χ2v) is 4.03. The van der Waals surface area contributed by atoms with Gasteiger partial charge in [0.2, 0.25) is 5.91 Å². The van der Waals surface area contributed by atoms with Crippen LogP contribution in [0, 0.1) is 5.92 Å². The number of carbonyl (C=O) groups excluding carboxylic acids is 1. The Morgan fingerprint density at radius 1 is 1.35 bits per heavy atom. The Balaban J connectivity index is 3.36. The van der Waals surface area contributed by atoms with E-state index in [1.54, 1.807) is 6.92 Å². The highest BCUT2D eigenvalue weighted by Crippen LogP contribution is 2.04. The van der Waals surface area contributed by atoms with E-state index in [0.717, 1.165) is 6.42 Å². The molecule has 0 aromatic carbocycles. The number of rotatable bonds is 10. The van der Waals surface area contributed by atoms with Crippen molar-refractivity contribution >= 4 is 11.9 Å². The summed E-state index contributed by atoms with van der Waals surface area (Å²) >= 11 is 0. The lowest BCUT2D eigenvalue weighted by Crippen LogP contribution is -2.25. The van der Waals surface area contributed by atoms with Crippen molar-refractivity contribution in [2.45, 2.75) is 39.5 Å². The first-order valence-electron chi connectivity index (χ1n) is 6.15. The number of ether oxygens (including phenoxy) is 1. The Hall–Kier alpha value is -1.10. The summed E-state index contributed by atoms with van der Waals surface area (Å²) in [4.78, 5) is 21.8. The van der Waals surface area contributed by atoms with Gasteiger partial charge in [-0.15, -0.1) is 0 Å². The second-order valence-electron chi connectivity index (χ2n) is 4.03. The molecule has 0 fully saturated rings. The van der Waals surface area contributed by atoms with Crippen molar-refractivity contribution in [3.63, 3.8) is 0 Å². The minimum absolute atomic E-state index is 0.00711. The number of carboxylic acid groups (broad SMARTS) is 1. The summed E-state index contributed by atoms with van der Waals surface area (Å²) < 4.78 is 5.12. The number of carboxylic acids is 1. The zero-order valence-electron chi connectivity index (χ0n) is 10.7. The van der Waals surface area contributed by atoms with Crippen LogP contribution >= 0.6 is 0 Å². The molecule has 1 unspecified atom stereocenters. The quantitative estimate of drug-likeness (QED) is 0.571. The van der Waals surface area contributed by atoms with Crippen LogP contribution in [0.2, 0.25) is 0 Å². The van der Waals surface area contributed by atoms with Crippen LogP contribution in [0.1, 0.15) is 39.5 Å². The smallest absolute Gasteiger partial charge is 0.306 e. The van der Waals surface area contributed by atoms with Crippen molar-refractivity contribution in [1.82, 2.24) is 5.32 Å². The first kappa shape index (κ1) is 15.9. The lowest BCUT2D eigenvalue weighted by Gasteiger charge is -2.07. The highest BCUT2D eigenvalue weighted by molar-refractivity contribution is 5.75. The standard InChI is InChI=1S/C12H23NO4/c1-3-17-9-5-7-11(14)13-8-4-6-10(2)12(15)16/h10H,3-9H2,1-2H3,(H,13,14)(H,15,16). The molecule has 17 heavy (non-hydrogen) atoms. The molecule has 0 saturated heterocycles. The minimum Gasteiger partial charge on any atom is -0.481 e. The maximum atomic E-state index is 11.3. The summed E-state index contributed by atoms with van der Waals surface area (Å²) in [6.07, 6.45) is 2.49. The monoisotopic (exact) mass is 245 g/mol. The first-order valence-corrected chi connectivity index (χ1v) is 6.15. The summed E-state index contributed by atoms with van der Waals surface area (Å²) in [5, 5.41) is 11.4. The predicted octanol–water partition coefficient (Wildman–Crippen LogP) is 1.42. The molecule has 1 amide bonds. The van der Waals surface area contributed by atoms with E-state index in [1.165, 1.54) is 0 Å². The van der Waals surface area contributed by atoms with E-state index in [2.05, 4.69) is 5.32 Å². The van der Waals surface area contributed by atoms with E-state index in [1.807, 2.05) is 6.92 Å². The number of aliphatic carboxylic acids is 1. The van der Waals surface area contributed by atoms with Gasteiger partial charge in [0.15, 0.2) is 0 Å². The Kier molecular flexibility index (Phi) is 9.43. The van der Waals surface area contributed by atoms with Gasteiger partial charge in [0, 0.05) is 26.2 Å². The van der Waals surface area contributed by atoms with Crippen molar-refractivity contribution < 1.29 is 19.4 Å².